The summed E-state index contributed by atoms with van der Waals surface area (Å²) in [4.78, 5) is 12.0. The predicted molar refractivity (Wildman–Crippen MR) is 79.8 cm³/mol. The Morgan fingerprint density at radius 1 is 1.35 bits per heavy atom. The number of hydrogen-bond donors (Lipinski definition) is 1. The molecule has 23 heavy (non-hydrogen) atoms. The molecule has 2 aliphatic rings. The molecule has 1 aromatic carbocycles. The van der Waals surface area contributed by atoms with E-state index in [2.05, 4.69) is 5.32 Å². The van der Waals surface area contributed by atoms with Gasteiger partial charge < -0.3 is 14.8 Å². The van der Waals surface area contributed by atoms with Gasteiger partial charge in [-0.2, -0.15) is 0 Å². The van der Waals surface area contributed by atoms with E-state index in [0.29, 0.717) is 6.61 Å². The third kappa shape index (κ3) is 4.48. The van der Waals surface area contributed by atoms with Crippen molar-refractivity contribution in [3.05, 3.63) is 35.4 Å². The van der Waals surface area contributed by atoms with Crippen molar-refractivity contribution in [2.45, 2.75) is 37.8 Å². The van der Waals surface area contributed by atoms with Gasteiger partial charge in [-0.25, -0.2) is 8.78 Å². The second kappa shape index (κ2) is 7.36. The minimum atomic E-state index is -0.504. The molecule has 2 unspecified atom stereocenters. The second-order valence-corrected chi connectivity index (χ2v) is 6.20. The van der Waals surface area contributed by atoms with Gasteiger partial charge in [0, 0.05) is 12.2 Å². The first-order valence-electron chi connectivity index (χ1n) is 8.07. The van der Waals surface area contributed by atoms with Crippen molar-refractivity contribution in [1.29, 1.82) is 0 Å². The van der Waals surface area contributed by atoms with Crippen LogP contribution in [0.5, 0.6) is 0 Å². The number of ether oxygens (including phenoxy) is 2. The molecule has 6 heteroatoms. The van der Waals surface area contributed by atoms with Crippen molar-refractivity contribution < 1.29 is 23.0 Å². The number of hydrogen-bond acceptors (Lipinski definition) is 3. The van der Waals surface area contributed by atoms with Gasteiger partial charge in [-0.15, -0.1) is 0 Å². The predicted octanol–water partition coefficient (Wildman–Crippen LogP) is 2.73. The van der Waals surface area contributed by atoms with E-state index in [4.69, 9.17) is 9.47 Å². The van der Waals surface area contributed by atoms with Gasteiger partial charge >= 0.3 is 0 Å². The summed E-state index contributed by atoms with van der Waals surface area (Å²) in [7, 11) is 0. The third-order valence-corrected chi connectivity index (χ3v) is 4.26. The number of carbonyl (C=O) groups is 1. The topological polar surface area (TPSA) is 47.6 Å². The second-order valence-electron chi connectivity index (χ2n) is 6.20. The van der Waals surface area contributed by atoms with Gasteiger partial charge in [0.15, 0.2) is 0 Å². The van der Waals surface area contributed by atoms with Crippen molar-refractivity contribution in [3.8, 4) is 0 Å². The first kappa shape index (κ1) is 16.3. The first-order valence-corrected chi connectivity index (χ1v) is 8.07. The highest BCUT2D eigenvalue weighted by Crippen LogP contribution is 2.41. The summed E-state index contributed by atoms with van der Waals surface area (Å²) in [6.07, 6.45) is 3.82. The fraction of sp³-hybridized carbons (Fsp3) is 0.588. The van der Waals surface area contributed by atoms with Crippen molar-refractivity contribution in [3.63, 3.8) is 0 Å². The van der Waals surface area contributed by atoms with Crippen molar-refractivity contribution in [1.82, 2.24) is 5.32 Å². The van der Waals surface area contributed by atoms with Gasteiger partial charge in [0.2, 0.25) is 5.91 Å². The lowest BCUT2D eigenvalue weighted by molar-refractivity contribution is -0.127. The number of rotatable bonds is 7. The summed E-state index contributed by atoms with van der Waals surface area (Å²) in [5.41, 5.74) is 0.208. The quantitative estimate of drug-likeness (QED) is 0.838. The summed E-state index contributed by atoms with van der Waals surface area (Å²) >= 11 is 0. The van der Waals surface area contributed by atoms with Gasteiger partial charge in [0.25, 0.3) is 0 Å². The maximum atomic E-state index is 13.9. The van der Waals surface area contributed by atoms with E-state index in [1.165, 1.54) is 0 Å². The molecule has 0 spiro atoms. The number of nitrogens with one attached hydrogen (secondary N) is 1. The highest BCUT2D eigenvalue weighted by Gasteiger charge is 2.35. The van der Waals surface area contributed by atoms with Crippen LogP contribution in [-0.4, -0.2) is 31.8 Å². The van der Waals surface area contributed by atoms with Crippen molar-refractivity contribution >= 4 is 5.91 Å². The van der Waals surface area contributed by atoms with Crippen molar-refractivity contribution in [2.24, 2.45) is 5.92 Å². The van der Waals surface area contributed by atoms with Crippen LogP contribution >= 0.6 is 0 Å². The molecule has 2 atom stereocenters. The average Bonchev–Trinajstić information content (AvgIpc) is 3.24. The van der Waals surface area contributed by atoms with E-state index in [-0.39, 0.29) is 30.1 Å². The van der Waals surface area contributed by atoms with Crippen LogP contribution in [-0.2, 0) is 14.3 Å². The van der Waals surface area contributed by atoms with E-state index in [1.807, 2.05) is 0 Å². The third-order valence-electron chi connectivity index (χ3n) is 4.26. The number of carbonyl (C=O) groups excluding carboxylic acids is 1. The van der Waals surface area contributed by atoms with Crippen LogP contribution in [0.1, 0.15) is 37.3 Å². The zero-order chi connectivity index (χ0) is 16.2. The van der Waals surface area contributed by atoms with Gasteiger partial charge in [-0.1, -0.05) is 0 Å². The van der Waals surface area contributed by atoms with E-state index >= 15 is 0 Å². The highest BCUT2D eigenvalue weighted by atomic mass is 19.1. The summed E-state index contributed by atoms with van der Waals surface area (Å²) in [5.74, 6) is -1.16. The molecule has 1 heterocycles. The molecule has 1 saturated carbocycles. The number of amides is 1. The molecular weight excluding hydrogens is 304 g/mol. The highest BCUT2D eigenvalue weighted by molar-refractivity contribution is 5.77. The first-order chi connectivity index (χ1) is 11.1. The monoisotopic (exact) mass is 325 g/mol. The molecule has 1 amide bonds. The maximum absolute atomic E-state index is 13.9. The molecule has 0 aromatic heterocycles. The Balaban J connectivity index is 1.54. The van der Waals surface area contributed by atoms with E-state index in [9.17, 15) is 13.6 Å². The van der Waals surface area contributed by atoms with Crippen LogP contribution in [0.2, 0.25) is 0 Å². The van der Waals surface area contributed by atoms with Gasteiger partial charge in [0.1, 0.15) is 18.2 Å². The number of halogens is 2. The maximum Gasteiger partial charge on any atom is 0.246 e. The smallest absolute Gasteiger partial charge is 0.246 e. The lowest BCUT2D eigenvalue weighted by atomic mass is 10.0. The normalized spacial score (nSPS) is 22.1. The molecule has 3 rings (SSSR count). The fourth-order valence-corrected chi connectivity index (χ4v) is 2.91. The van der Waals surface area contributed by atoms with E-state index < -0.39 is 17.7 Å². The Bertz CT molecular complexity index is 557. The van der Waals surface area contributed by atoms with Crippen molar-refractivity contribution in [2.75, 3.05) is 19.8 Å². The Morgan fingerprint density at radius 2 is 2.17 bits per heavy atom. The largest absolute Gasteiger partial charge is 0.376 e. The molecule has 1 aromatic rings. The Labute approximate surface area is 134 Å². The molecule has 1 aliphatic heterocycles. The molecule has 0 bridgehead atoms. The summed E-state index contributed by atoms with van der Waals surface area (Å²) < 4.78 is 38.1. The standard InChI is InChI=1S/C17H21F2NO3/c18-12-5-6-15(19)14(8-12)17(11-3-4-11)20-16(21)10-22-9-13-2-1-7-23-13/h5-6,8,11,13,17H,1-4,7,9-10H2,(H,20,21). The van der Waals surface area contributed by atoms with Crippen LogP contribution < -0.4 is 5.32 Å². The lowest BCUT2D eigenvalue weighted by Crippen LogP contribution is -2.34. The molecule has 1 N–H and O–H groups in total. The van der Waals surface area contributed by atoms with E-state index in [0.717, 1.165) is 50.5 Å². The molecular formula is C17H21F2NO3. The Kier molecular flexibility index (Phi) is 5.23. The summed E-state index contributed by atoms with van der Waals surface area (Å²) in [6.45, 7) is 1.03. The molecule has 1 saturated heterocycles. The SMILES string of the molecule is O=C(COCC1CCCO1)NC(c1cc(F)ccc1F)C1CC1. The lowest BCUT2D eigenvalue weighted by Gasteiger charge is -2.20. The summed E-state index contributed by atoms with van der Waals surface area (Å²) in [5, 5.41) is 2.78. The van der Waals surface area contributed by atoms with E-state index in [1.54, 1.807) is 0 Å². The minimum Gasteiger partial charge on any atom is -0.376 e. The average molecular weight is 325 g/mol. The Hall–Kier alpha value is -1.53. The minimum absolute atomic E-state index is 0.0580. The zero-order valence-corrected chi connectivity index (χ0v) is 12.9. The van der Waals surface area contributed by atoms with Gasteiger partial charge in [0.05, 0.1) is 18.8 Å². The van der Waals surface area contributed by atoms with Gasteiger partial charge in [-0.05, 0) is 49.8 Å². The van der Waals surface area contributed by atoms with Crippen LogP contribution in [0.4, 0.5) is 8.78 Å². The molecule has 1 aliphatic carbocycles. The van der Waals surface area contributed by atoms with Crippen LogP contribution in [0.3, 0.4) is 0 Å². The fourth-order valence-electron chi connectivity index (χ4n) is 2.91. The summed E-state index contributed by atoms with van der Waals surface area (Å²) in [6, 6.07) is 2.84. The molecule has 126 valence electrons. The number of benzene rings is 1. The van der Waals surface area contributed by atoms with Crippen LogP contribution in [0.25, 0.3) is 0 Å². The molecule has 0 radical (unpaired) electrons. The van der Waals surface area contributed by atoms with Crippen LogP contribution in [0.15, 0.2) is 18.2 Å². The van der Waals surface area contributed by atoms with Gasteiger partial charge in [-0.3, -0.25) is 4.79 Å². The Morgan fingerprint density at radius 3 is 2.87 bits per heavy atom. The molecule has 4 nitrogen and oxygen atoms in total. The molecule has 2 fully saturated rings. The van der Waals surface area contributed by atoms with Crippen LogP contribution in [0, 0.1) is 17.6 Å². The zero-order valence-electron chi connectivity index (χ0n) is 12.9.